The fourth-order valence-corrected chi connectivity index (χ4v) is 5.65. The van der Waals surface area contributed by atoms with Gasteiger partial charge in [-0.05, 0) is 61.1 Å². The van der Waals surface area contributed by atoms with Crippen molar-refractivity contribution in [3.05, 3.63) is 120 Å². The van der Waals surface area contributed by atoms with E-state index in [-0.39, 0.29) is 31.5 Å². The minimum absolute atomic E-state index is 0. The Kier molecular flexibility index (Phi) is 6.74. The number of fused-ring (bicyclic) bond motifs is 3. The van der Waals surface area contributed by atoms with Gasteiger partial charge in [-0.25, -0.2) is 4.98 Å². The SMILES string of the molecule is CC1C=Cc2cccc3nc(-c4[c-]cccc4)n1c23.[2H]C([2H])([2H])c1ccc2c(n1)oc1c(-c3cc(C([2H])([2H])C(C)(C)C)ccn3)[c-]ccc12.[Ir]. The average molecular weight is 772 g/mol. The second-order valence-corrected chi connectivity index (χ2v) is 11.9. The zero-order valence-corrected chi connectivity index (χ0v) is 27.7. The van der Waals surface area contributed by atoms with E-state index in [2.05, 4.69) is 70.0 Å². The summed E-state index contributed by atoms with van der Waals surface area (Å²) in [7, 11) is 0. The number of rotatable bonds is 3. The third-order valence-corrected chi connectivity index (χ3v) is 7.49. The largest absolute Gasteiger partial charge is 0.486 e. The molecule has 0 bridgehead atoms. The third kappa shape index (κ3) is 6.01. The van der Waals surface area contributed by atoms with Crippen molar-refractivity contribution in [1.29, 1.82) is 0 Å². The molecule has 0 saturated heterocycles. The number of nitrogens with zero attached hydrogens (tertiary/aromatic N) is 4. The molecule has 4 aromatic heterocycles. The van der Waals surface area contributed by atoms with E-state index < -0.39 is 18.6 Å². The molecular weight excluding hydrogens is 733 g/mol. The first kappa shape index (κ1) is 24.9. The molecule has 45 heavy (non-hydrogen) atoms. The van der Waals surface area contributed by atoms with Gasteiger partial charge in [0.25, 0.3) is 0 Å². The molecule has 1 aliphatic rings. The average Bonchev–Trinajstić information content (AvgIpc) is 3.66. The van der Waals surface area contributed by atoms with Crippen LogP contribution in [0.15, 0.2) is 95.6 Å². The molecule has 1 radical (unpaired) electrons. The molecule has 0 aliphatic carbocycles. The minimum Gasteiger partial charge on any atom is -0.486 e. The predicted octanol–water partition coefficient (Wildman–Crippen LogP) is 9.83. The Labute approximate surface area is 284 Å². The van der Waals surface area contributed by atoms with E-state index in [1.165, 1.54) is 17.1 Å². The molecule has 0 N–H and O–H groups in total. The van der Waals surface area contributed by atoms with Crippen LogP contribution in [0.2, 0.25) is 0 Å². The van der Waals surface area contributed by atoms with Crippen LogP contribution in [0.1, 0.15) is 57.4 Å². The molecule has 1 aliphatic heterocycles. The molecule has 3 aromatic carbocycles. The number of aromatic nitrogens is 4. The number of aryl methyl sites for hydroxylation is 1. The summed E-state index contributed by atoms with van der Waals surface area (Å²) in [4.78, 5) is 13.4. The Morgan fingerprint density at radius 3 is 2.67 bits per heavy atom. The number of pyridine rings is 2. The number of allylic oxidation sites excluding steroid dienone is 1. The van der Waals surface area contributed by atoms with Crippen LogP contribution in [0.25, 0.3) is 61.8 Å². The summed E-state index contributed by atoms with van der Waals surface area (Å²) in [5.41, 5.74) is 6.29. The van der Waals surface area contributed by atoms with Gasteiger partial charge in [0, 0.05) is 50.3 Å². The molecule has 1 unspecified atom stereocenters. The Morgan fingerprint density at radius 2 is 1.87 bits per heavy atom. The molecule has 5 nitrogen and oxygen atoms in total. The van der Waals surface area contributed by atoms with E-state index in [9.17, 15) is 0 Å². The standard InChI is InChI=1S/C22H21N2O.C17H13N2.Ir/c1-14-8-9-17-16-6-5-7-18(20(16)25-21(17)24-14)19-12-15(10-11-23-19)13-22(2,3)4;1-12-10-11-13-8-5-9-15-16(13)19(12)17(18-15)14-6-3-2-4-7-14;/h5-6,8-12H,13H2,1-4H3;2-6,8-12H,1H3;/q2*-1;/i1D3,13D2;;. The van der Waals surface area contributed by atoms with Crippen molar-refractivity contribution in [2.75, 3.05) is 0 Å². The topological polar surface area (TPSA) is 56.7 Å². The van der Waals surface area contributed by atoms with Gasteiger partial charge < -0.3 is 14.0 Å². The summed E-state index contributed by atoms with van der Waals surface area (Å²) in [5.74, 6) is 1.000. The van der Waals surface area contributed by atoms with Crippen LogP contribution in [0, 0.1) is 24.4 Å². The van der Waals surface area contributed by atoms with Crippen molar-refractivity contribution in [2.45, 2.75) is 47.0 Å². The molecule has 7 aromatic rings. The number of benzene rings is 3. The van der Waals surface area contributed by atoms with Crippen LogP contribution >= 0.6 is 0 Å². The smallest absolute Gasteiger partial charge is 0.216 e. The maximum absolute atomic E-state index is 8.55. The van der Waals surface area contributed by atoms with Gasteiger partial charge in [-0.15, -0.1) is 54.1 Å². The maximum Gasteiger partial charge on any atom is 0.216 e. The van der Waals surface area contributed by atoms with E-state index in [1.807, 2.05) is 45.0 Å². The summed E-state index contributed by atoms with van der Waals surface area (Å²) in [6, 6.07) is 31.2. The van der Waals surface area contributed by atoms with Crippen molar-refractivity contribution in [1.82, 2.24) is 19.5 Å². The predicted molar refractivity (Wildman–Crippen MR) is 179 cm³/mol. The molecule has 5 heterocycles. The number of hydrogen-bond donors (Lipinski definition) is 0. The molecule has 0 saturated carbocycles. The van der Waals surface area contributed by atoms with Crippen LogP contribution in [-0.4, -0.2) is 19.5 Å². The second kappa shape index (κ2) is 12.2. The monoisotopic (exact) mass is 772 g/mol. The van der Waals surface area contributed by atoms with E-state index >= 15 is 0 Å². The van der Waals surface area contributed by atoms with Crippen molar-refractivity contribution >= 4 is 39.2 Å². The second-order valence-electron chi connectivity index (χ2n) is 11.9. The van der Waals surface area contributed by atoms with E-state index in [1.54, 1.807) is 30.5 Å². The molecule has 0 spiro atoms. The fraction of sp³-hybridized carbons (Fsp3) is 0.205. The van der Waals surface area contributed by atoms with Crippen molar-refractivity contribution in [3.8, 4) is 22.6 Å². The van der Waals surface area contributed by atoms with Crippen LogP contribution < -0.4 is 0 Å². The van der Waals surface area contributed by atoms with E-state index in [0.29, 0.717) is 33.8 Å². The summed E-state index contributed by atoms with van der Waals surface area (Å²) in [6.07, 6.45) is 4.42. The Bertz CT molecular complexity index is 2370. The van der Waals surface area contributed by atoms with Crippen LogP contribution in [-0.2, 0) is 26.5 Å². The van der Waals surface area contributed by atoms with E-state index in [0.717, 1.165) is 22.3 Å². The number of furan rings is 1. The van der Waals surface area contributed by atoms with Gasteiger partial charge in [-0.1, -0.05) is 67.6 Å². The first-order chi connectivity index (χ1) is 23.2. The van der Waals surface area contributed by atoms with Gasteiger partial charge in [0.1, 0.15) is 0 Å². The molecule has 0 amide bonds. The van der Waals surface area contributed by atoms with Gasteiger partial charge in [-0.2, -0.15) is 0 Å². The van der Waals surface area contributed by atoms with Gasteiger partial charge in [0.2, 0.25) is 5.71 Å². The molecule has 6 heteroatoms. The van der Waals surface area contributed by atoms with E-state index in [4.69, 9.17) is 16.3 Å². The first-order valence-corrected chi connectivity index (χ1v) is 14.6. The van der Waals surface area contributed by atoms with Gasteiger partial charge >= 0.3 is 0 Å². The van der Waals surface area contributed by atoms with Crippen LogP contribution in [0.4, 0.5) is 0 Å². The molecule has 227 valence electrons. The number of imidazole rings is 1. The molecule has 8 rings (SSSR count). The van der Waals surface area contributed by atoms with Crippen LogP contribution in [0.3, 0.4) is 0 Å². The summed E-state index contributed by atoms with van der Waals surface area (Å²) in [5, 5.41) is 1.48. The van der Waals surface area contributed by atoms with Gasteiger partial charge in [0.15, 0.2) is 0 Å². The molecule has 1 atom stereocenters. The third-order valence-electron chi connectivity index (χ3n) is 7.49. The summed E-state index contributed by atoms with van der Waals surface area (Å²) >= 11 is 0. The Hall–Kier alpha value is -4.38. The number of hydrogen-bond acceptors (Lipinski definition) is 4. The van der Waals surface area contributed by atoms with Gasteiger partial charge in [0.05, 0.1) is 22.4 Å². The fourth-order valence-electron chi connectivity index (χ4n) is 5.65. The quantitative estimate of drug-likeness (QED) is 0.168. The molecule has 0 fully saturated rings. The number of para-hydroxylation sites is 1. The Balaban J connectivity index is 0.000000185. The van der Waals surface area contributed by atoms with Crippen molar-refractivity contribution in [3.63, 3.8) is 0 Å². The minimum atomic E-state index is -2.32. The normalized spacial score (nSPS) is 16.2. The van der Waals surface area contributed by atoms with Crippen molar-refractivity contribution in [2.24, 2.45) is 5.41 Å². The van der Waals surface area contributed by atoms with Crippen molar-refractivity contribution < 1.29 is 31.4 Å². The zero-order valence-electron chi connectivity index (χ0n) is 30.3. The van der Waals surface area contributed by atoms with Crippen LogP contribution in [0.5, 0.6) is 0 Å². The summed E-state index contributed by atoms with van der Waals surface area (Å²) < 4.78 is 48.1. The zero-order chi connectivity index (χ0) is 34.7. The first-order valence-electron chi connectivity index (χ1n) is 17.1. The van der Waals surface area contributed by atoms with Gasteiger partial charge in [-0.3, -0.25) is 4.98 Å². The molecular formula is C39H34IrN4O-2. The maximum atomic E-state index is 8.55. The summed E-state index contributed by atoms with van der Waals surface area (Å²) in [6.45, 7) is 5.44. The Morgan fingerprint density at radius 1 is 0.978 bits per heavy atom.